The molecule has 0 unspecified atom stereocenters. The molecule has 2 rings (SSSR count). The van der Waals surface area contributed by atoms with Crippen LogP contribution in [0.15, 0.2) is 10.6 Å². The molecule has 5 heteroatoms. The fourth-order valence-corrected chi connectivity index (χ4v) is 2.35. The Morgan fingerprint density at radius 2 is 2.19 bits per heavy atom. The molecule has 1 amide bonds. The zero-order valence-electron chi connectivity index (χ0n) is 9.40. The fraction of sp³-hybridized carbons (Fsp3) is 0.636. The molecule has 1 saturated carbocycles. The van der Waals surface area contributed by atoms with E-state index in [1.807, 2.05) is 13.0 Å². The minimum atomic E-state index is -0.0465. The van der Waals surface area contributed by atoms with Gasteiger partial charge in [0, 0.05) is 17.9 Å². The van der Waals surface area contributed by atoms with E-state index in [9.17, 15) is 4.79 Å². The Morgan fingerprint density at radius 3 is 2.69 bits per heavy atom. The summed E-state index contributed by atoms with van der Waals surface area (Å²) in [5.41, 5.74) is 3.24. The van der Waals surface area contributed by atoms with Crippen molar-refractivity contribution in [2.45, 2.75) is 38.5 Å². The first-order valence-electron chi connectivity index (χ1n) is 5.64. The second-order valence-electron chi connectivity index (χ2n) is 4.42. The molecule has 1 aromatic heterocycles. The highest BCUT2D eigenvalue weighted by Gasteiger charge is 2.27. The second-order valence-corrected chi connectivity index (χ2v) is 4.42. The van der Waals surface area contributed by atoms with Crippen molar-refractivity contribution >= 4 is 5.91 Å². The van der Waals surface area contributed by atoms with Crippen molar-refractivity contribution in [3.05, 3.63) is 17.5 Å². The van der Waals surface area contributed by atoms with E-state index in [-0.39, 0.29) is 11.8 Å². The van der Waals surface area contributed by atoms with Gasteiger partial charge >= 0.3 is 0 Å². The third-order valence-electron chi connectivity index (χ3n) is 3.30. The van der Waals surface area contributed by atoms with E-state index in [0.717, 1.165) is 37.1 Å². The molecule has 0 saturated heterocycles. The molecule has 88 valence electrons. The highest BCUT2D eigenvalue weighted by Crippen LogP contribution is 2.35. The highest BCUT2D eigenvalue weighted by atomic mass is 16.5. The van der Waals surface area contributed by atoms with Gasteiger partial charge in [-0.25, -0.2) is 5.84 Å². The third-order valence-corrected chi connectivity index (χ3v) is 3.30. The number of carbonyl (C=O) groups is 1. The van der Waals surface area contributed by atoms with Crippen molar-refractivity contribution in [2.24, 2.45) is 11.8 Å². The van der Waals surface area contributed by atoms with Crippen LogP contribution in [0.3, 0.4) is 0 Å². The van der Waals surface area contributed by atoms with Crippen LogP contribution in [0.5, 0.6) is 0 Å². The Hall–Kier alpha value is -1.36. The minimum Gasteiger partial charge on any atom is -0.361 e. The zero-order chi connectivity index (χ0) is 11.5. The van der Waals surface area contributed by atoms with E-state index in [0.29, 0.717) is 5.92 Å². The van der Waals surface area contributed by atoms with Crippen LogP contribution in [0.25, 0.3) is 0 Å². The number of amides is 1. The SMILES string of the molecule is Cc1cc([C@H]2CC[C@H](C(=O)NN)CC2)no1. The second kappa shape index (κ2) is 4.65. The smallest absolute Gasteiger partial charge is 0.236 e. The van der Waals surface area contributed by atoms with Gasteiger partial charge in [-0.3, -0.25) is 10.2 Å². The number of rotatable bonds is 2. The van der Waals surface area contributed by atoms with Gasteiger partial charge in [0.05, 0.1) is 5.69 Å². The molecule has 0 aromatic carbocycles. The summed E-state index contributed by atoms with van der Waals surface area (Å²) in [4.78, 5) is 11.3. The first-order chi connectivity index (χ1) is 7.70. The lowest BCUT2D eigenvalue weighted by atomic mass is 9.80. The number of hydrogen-bond acceptors (Lipinski definition) is 4. The van der Waals surface area contributed by atoms with Gasteiger partial charge in [-0.05, 0) is 32.6 Å². The summed E-state index contributed by atoms with van der Waals surface area (Å²) in [7, 11) is 0. The van der Waals surface area contributed by atoms with Crippen molar-refractivity contribution in [2.75, 3.05) is 0 Å². The molecule has 1 aromatic rings. The summed E-state index contributed by atoms with van der Waals surface area (Å²) in [6.07, 6.45) is 3.70. The monoisotopic (exact) mass is 223 g/mol. The summed E-state index contributed by atoms with van der Waals surface area (Å²) in [5.74, 6) is 6.42. The maximum Gasteiger partial charge on any atom is 0.236 e. The Morgan fingerprint density at radius 1 is 1.50 bits per heavy atom. The number of nitrogens with one attached hydrogen (secondary N) is 1. The number of aromatic nitrogens is 1. The van der Waals surface area contributed by atoms with Crippen molar-refractivity contribution in [3.63, 3.8) is 0 Å². The number of aryl methyl sites for hydroxylation is 1. The lowest BCUT2D eigenvalue weighted by molar-refractivity contribution is -0.126. The molecule has 0 spiro atoms. The average Bonchev–Trinajstić information content (AvgIpc) is 2.75. The van der Waals surface area contributed by atoms with Gasteiger partial charge in [-0.1, -0.05) is 5.16 Å². The first kappa shape index (κ1) is 11.1. The van der Waals surface area contributed by atoms with E-state index < -0.39 is 0 Å². The molecule has 16 heavy (non-hydrogen) atoms. The highest BCUT2D eigenvalue weighted by molar-refractivity contribution is 5.78. The van der Waals surface area contributed by atoms with Gasteiger partial charge in [0.1, 0.15) is 5.76 Å². The van der Waals surface area contributed by atoms with E-state index in [1.165, 1.54) is 0 Å². The van der Waals surface area contributed by atoms with Crippen LogP contribution < -0.4 is 11.3 Å². The van der Waals surface area contributed by atoms with E-state index in [1.54, 1.807) is 0 Å². The average molecular weight is 223 g/mol. The standard InChI is InChI=1S/C11H17N3O2/c1-7-6-10(14-16-7)8-2-4-9(5-3-8)11(15)13-12/h6,8-9H,2-5,12H2,1H3,(H,13,15)/t8-,9-. The summed E-state index contributed by atoms with van der Waals surface area (Å²) in [6, 6.07) is 1.98. The predicted molar refractivity (Wildman–Crippen MR) is 58.3 cm³/mol. The number of nitrogens with zero attached hydrogens (tertiary/aromatic N) is 1. The molecule has 1 fully saturated rings. The molecule has 1 aliphatic carbocycles. The predicted octanol–water partition coefficient (Wildman–Crippen LogP) is 1.25. The quantitative estimate of drug-likeness (QED) is 0.449. The number of hydrogen-bond donors (Lipinski definition) is 2. The molecule has 5 nitrogen and oxygen atoms in total. The van der Waals surface area contributed by atoms with Crippen molar-refractivity contribution < 1.29 is 9.32 Å². The van der Waals surface area contributed by atoms with E-state index >= 15 is 0 Å². The maximum atomic E-state index is 11.3. The Labute approximate surface area is 94.3 Å². The van der Waals surface area contributed by atoms with Crippen molar-refractivity contribution in [3.8, 4) is 0 Å². The molecule has 1 aliphatic rings. The van der Waals surface area contributed by atoms with Gasteiger partial charge in [-0.15, -0.1) is 0 Å². The lowest BCUT2D eigenvalue weighted by Crippen LogP contribution is -2.37. The molecule has 0 radical (unpaired) electrons. The van der Waals surface area contributed by atoms with Crippen LogP contribution in [0.1, 0.15) is 43.1 Å². The first-order valence-corrected chi connectivity index (χ1v) is 5.64. The van der Waals surface area contributed by atoms with E-state index in [4.69, 9.17) is 10.4 Å². The number of hydrazine groups is 1. The van der Waals surface area contributed by atoms with Crippen LogP contribution in [0, 0.1) is 12.8 Å². The molecular formula is C11H17N3O2. The minimum absolute atomic E-state index is 0.0465. The summed E-state index contributed by atoms with van der Waals surface area (Å²) in [6.45, 7) is 1.89. The van der Waals surface area contributed by atoms with Gasteiger partial charge in [-0.2, -0.15) is 0 Å². The number of carbonyl (C=O) groups excluding carboxylic acids is 1. The zero-order valence-corrected chi connectivity index (χ0v) is 9.40. The summed E-state index contributed by atoms with van der Waals surface area (Å²) >= 11 is 0. The van der Waals surface area contributed by atoms with E-state index in [2.05, 4.69) is 10.6 Å². The van der Waals surface area contributed by atoms with Crippen LogP contribution in [-0.2, 0) is 4.79 Å². The van der Waals surface area contributed by atoms with Crippen LogP contribution >= 0.6 is 0 Å². The molecule has 0 aliphatic heterocycles. The van der Waals surface area contributed by atoms with Gasteiger partial charge in [0.15, 0.2) is 0 Å². The van der Waals surface area contributed by atoms with Crippen molar-refractivity contribution in [1.29, 1.82) is 0 Å². The van der Waals surface area contributed by atoms with Gasteiger partial charge in [0.25, 0.3) is 0 Å². The van der Waals surface area contributed by atoms with Crippen LogP contribution in [0.4, 0.5) is 0 Å². The van der Waals surface area contributed by atoms with Crippen molar-refractivity contribution in [1.82, 2.24) is 10.6 Å². The molecule has 0 bridgehead atoms. The molecule has 0 atom stereocenters. The molecule has 1 heterocycles. The van der Waals surface area contributed by atoms with Gasteiger partial charge in [0.2, 0.25) is 5.91 Å². The van der Waals surface area contributed by atoms with Gasteiger partial charge < -0.3 is 4.52 Å². The van der Waals surface area contributed by atoms with Crippen LogP contribution in [-0.4, -0.2) is 11.1 Å². The Bertz CT molecular complexity index is 367. The summed E-state index contributed by atoms with van der Waals surface area (Å²) in [5, 5.41) is 4.03. The normalized spacial score (nSPS) is 25.4. The fourth-order valence-electron chi connectivity index (χ4n) is 2.35. The number of nitrogens with two attached hydrogens (primary N) is 1. The lowest BCUT2D eigenvalue weighted by Gasteiger charge is -2.25. The molecule has 3 N–H and O–H groups in total. The summed E-state index contributed by atoms with van der Waals surface area (Å²) < 4.78 is 5.06. The van der Waals surface area contributed by atoms with Crippen LogP contribution in [0.2, 0.25) is 0 Å². The third kappa shape index (κ3) is 2.24. The largest absolute Gasteiger partial charge is 0.361 e. The Kier molecular flexibility index (Phi) is 3.24. The topological polar surface area (TPSA) is 81.2 Å². The molecular weight excluding hydrogens is 206 g/mol. The Balaban J connectivity index is 1.92. The maximum absolute atomic E-state index is 11.3.